The average Bonchev–Trinajstić information content (AvgIpc) is 3.62. The Morgan fingerprint density at radius 3 is 2.53 bits per heavy atom. The Morgan fingerprint density at radius 2 is 1.82 bits per heavy atom. The van der Waals surface area contributed by atoms with Crippen molar-refractivity contribution in [2.45, 2.75) is 65.2 Å². The van der Waals surface area contributed by atoms with Gasteiger partial charge in [0.25, 0.3) is 5.56 Å². The van der Waals surface area contributed by atoms with Crippen LogP contribution in [0.5, 0.6) is 0 Å². The van der Waals surface area contributed by atoms with Crippen molar-refractivity contribution in [2.24, 2.45) is 0 Å². The molecule has 38 heavy (non-hydrogen) atoms. The monoisotopic (exact) mass is 526 g/mol. The Morgan fingerprint density at radius 1 is 1.00 bits per heavy atom. The molecule has 1 unspecified atom stereocenters. The van der Waals surface area contributed by atoms with Gasteiger partial charge in [-0.25, -0.2) is 4.68 Å². The SMILES string of the molecule is CCc1ccc2[nH]c(=O)c(C(c3nnnn3C(C)(C)CC)N(Cc3ccccc3)Cc3cccs3)cc2c1. The van der Waals surface area contributed by atoms with Crippen molar-refractivity contribution in [3.63, 3.8) is 0 Å². The van der Waals surface area contributed by atoms with Crippen LogP contribution in [0.4, 0.5) is 0 Å². The molecule has 3 heterocycles. The van der Waals surface area contributed by atoms with Crippen LogP contribution in [-0.4, -0.2) is 30.1 Å². The van der Waals surface area contributed by atoms with Crippen LogP contribution < -0.4 is 5.56 Å². The lowest BCUT2D eigenvalue weighted by Gasteiger charge is -2.33. The highest BCUT2D eigenvalue weighted by Gasteiger charge is 2.34. The molecular weight excluding hydrogens is 492 g/mol. The van der Waals surface area contributed by atoms with Crippen LogP contribution in [0, 0.1) is 0 Å². The quantitative estimate of drug-likeness (QED) is 0.239. The van der Waals surface area contributed by atoms with E-state index in [2.05, 4.69) is 94.9 Å². The summed E-state index contributed by atoms with van der Waals surface area (Å²) in [5.41, 5.74) is 3.41. The van der Waals surface area contributed by atoms with Crippen molar-refractivity contribution in [1.82, 2.24) is 30.1 Å². The lowest BCUT2D eigenvalue weighted by Crippen LogP contribution is -2.37. The predicted octanol–water partition coefficient (Wildman–Crippen LogP) is 6.08. The van der Waals surface area contributed by atoms with Gasteiger partial charge >= 0.3 is 0 Å². The number of H-pyrrole nitrogens is 1. The molecule has 1 atom stereocenters. The van der Waals surface area contributed by atoms with E-state index in [-0.39, 0.29) is 11.1 Å². The number of tetrazole rings is 1. The summed E-state index contributed by atoms with van der Waals surface area (Å²) in [5, 5.41) is 16.2. The third-order valence-corrected chi connectivity index (χ3v) is 8.21. The fourth-order valence-corrected chi connectivity index (χ4v) is 5.53. The second-order valence-electron chi connectivity index (χ2n) is 10.3. The zero-order valence-corrected chi connectivity index (χ0v) is 23.2. The Kier molecular flexibility index (Phi) is 7.53. The van der Waals surface area contributed by atoms with Crippen molar-refractivity contribution < 1.29 is 0 Å². The number of benzene rings is 2. The molecular formula is C30H34N6OS. The number of rotatable bonds is 10. The minimum atomic E-state index is -0.462. The average molecular weight is 527 g/mol. The molecule has 0 aliphatic rings. The van der Waals surface area contributed by atoms with E-state index in [0.717, 1.165) is 29.3 Å². The molecule has 7 nitrogen and oxygen atoms in total. The van der Waals surface area contributed by atoms with Gasteiger partial charge < -0.3 is 4.98 Å². The first-order valence-electron chi connectivity index (χ1n) is 13.1. The van der Waals surface area contributed by atoms with Crippen LogP contribution in [0.15, 0.2) is 76.9 Å². The van der Waals surface area contributed by atoms with Gasteiger partial charge in [-0.2, -0.15) is 0 Å². The standard InChI is InChI=1S/C30H34N6OS/c1-5-21-14-15-26-23(17-21)18-25(29(37)31-26)27(28-32-33-34-36(28)30(3,4)6-2)35(20-24-13-10-16-38-24)19-22-11-8-7-9-12-22/h7-18,27H,5-6,19-20H2,1-4H3,(H,31,37). The zero-order chi connectivity index (χ0) is 26.7. The molecule has 1 N–H and O–H groups in total. The first-order valence-corrected chi connectivity index (χ1v) is 14.0. The fourth-order valence-electron chi connectivity index (χ4n) is 4.80. The van der Waals surface area contributed by atoms with Gasteiger partial charge in [-0.3, -0.25) is 9.69 Å². The van der Waals surface area contributed by atoms with Crippen LogP contribution >= 0.6 is 11.3 Å². The number of thiophene rings is 1. The molecule has 0 aliphatic carbocycles. The summed E-state index contributed by atoms with van der Waals surface area (Å²) in [6.07, 6.45) is 1.77. The lowest BCUT2D eigenvalue weighted by molar-refractivity contribution is 0.182. The van der Waals surface area contributed by atoms with Crippen LogP contribution in [0.2, 0.25) is 0 Å². The molecule has 2 aromatic carbocycles. The van der Waals surface area contributed by atoms with Gasteiger partial charge in [0.15, 0.2) is 5.82 Å². The summed E-state index contributed by atoms with van der Waals surface area (Å²) < 4.78 is 1.90. The number of aromatic nitrogens is 5. The molecule has 5 rings (SSSR count). The normalized spacial score (nSPS) is 12.9. The maximum atomic E-state index is 13.8. The van der Waals surface area contributed by atoms with E-state index >= 15 is 0 Å². The second kappa shape index (κ2) is 11.0. The topological polar surface area (TPSA) is 79.7 Å². The van der Waals surface area contributed by atoms with E-state index < -0.39 is 6.04 Å². The number of hydrogen-bond acceptors (Lipinski definition) is 6. The van der Waals surface area contributed by atoms with Crippen molar-refractivity contribution in [3.05, 3.63) is 110 Å². The Bertz CT molecular complexity index is 1550. The number of aromatic amines is 1. The fraction of sp³-hybridized carbons (Fsp3) is 0.333. The van der Waals surface area contributed by atoms with Gasteiger partial charge in [0.05, 0.1) is 5.54 Å². The summed E-state index contributed by atoms with van der Waals surface area (Å²) in [7, 11) is 0. The van der Waals surface area contributed by atoms with Gasteiger partial charge in [-0.05, 0) is 83.3 Å². The molecule has 196 valence electrons. The molecule has 0 bridgehead atoms. The Labute approximate surface area is 227 Å². The first kappa shape index (κ1) is 26.0. The Balaban J connectivity index is 1.73. The van der Waals surface area contributed by atoms with E-state index in [1.807, 2.05) is 35.0 Å². The third-order valence-electron chi connectivity index (χ3n) is 7.35. The maximum absolute atomic E-state index is 13.8. The van der Waals surface area contributed by atoms with Crippen molar-refractivity contribution >= 4 is 22.2 Å². The summed E-state index contributed by atoms with van der Waals surface area (Å²) >= 11 is 1.71. The summed E-state index contributed by atoms with van der Waals surface area (Å²) in [6, 6.07) is 22.3. The number of hydrogen-bond donors (Lipinski definition) is 1. The molecule has 0 amide bonds. The molecule has 0 fully saturated rings. The largest absolute Gasteiger partial charge is 0.322 e. The van der Waals surface area contributed by atoms with E-state index in [1.165, 1.54) is 10.4 Å². The minimum absolute atomic E-state index is 0.125. The van der Waals surface area contributed by atoms with Crippen molar-refractivity contribution in [1.29, 1.82) is 0 Å². The first-order chi connectivity index (χ1) is 18.4. The summed E-state index contributed by atoms with van der Waals surface area (Å²) in [4.78, 5) is 20.4. The number of nitrogens with zero attached hydrogens (tertiary/aromatic N) is 5. The van der Waals surface area contributed by atoms with E-state index in [9.17, 15) is 4.79 Å². The van der Waals surface area contributed by atoms with Crippen molar-refractivity contribution in [3.8, 4) is 0 Å². The van der Waals surface area contributed by atoms with Crippen molar-refractivity contribution in [2.75, 3.05) is 0 Å². The van der Waals surface area contributed by atoms with Crippen LogP contribution in [-0.2, 0) is 25.0 Å². The van der Waals surface area contributed by atoms with E-state index in [0.29, 0.717) is 24.5 Å². The maximum Gasteiger partial charge on any atom is 0.253 e. The number of pyridine rings is 1. The predicted molar refractivity (Wildman–Crippen MR) is 153 cm³/mol. The van der Waals surface area contributed by atoms with Gasteiger partial charge in [0.1, 0.15) is 6.04 Å². The molecule has 5 aromatic rings. The number of nitrogens with one attached hydrogen (secondary N) is 1. The van der Waals surface area contributed by atoms with E-state index in [4.69, 9.17) is 0 Å². The van der Waals surface area contributed by atoms with Crippen LogP contribution in [0.1, 0.15) is 67.5 Å². The molecule has 8 heteroatoms. The van der Waals surface area contributed by atoms with Crippen LogP contribution in [0.25, 0.3) is 10.9 Å². The van der Waals surface area contributed by atoms with Gasteiger partial charge in [-0.15, -0.1) is 16.4 Å². The highest BCUT2D eigenvalue weighted by molar-refractivity contribution is 7.09. The minimum Gasteiger partial charge on any atom is -0.322 e. The molecule has 0 spiro atoms. The number of aryl methyl sites for hydroxylation is 1. The highest BCUT2D eigenvalue weighted by atomic mass is 32.1. The van der Waals surface area contributed by atoms with Gasteiger partial charge in [0.2, 0.25) is 0 Å². The smallest absolute Gasteiger partial charge is 0.253 e. The third kappa shape index (κ3) is 5.33. The van der Waals surface area contributed by atoms with E-state index in [1.54, 1.807) is 11.3 Å². The molecule has 0 saturated carbocycles. The molecule has 0 radical (unpaired) electrons. The Hall–Kier alpha value is -3.62. The second-order valence-corrected chi connectivity index (χ2v) is 11.3. The summed E-state index contributed by atoms with van der Waals surface area (Å²) in [6.45, 7) is 9.81. The molecule has 0 saturated heterocycles. The molecule has 0 aliphatic heterocycles. The lowest BCUT2D eigenvalue weighted by atomic mass is 9.98. The highest BCUT2D eigenvalue weighted by Crippen LogP contribution is 2.33. The van der Waals surface area contributed by atoms with Gasteiger partial charge in [-0.1, -0.05) is 56.3 Å². The van der Waals surface area contributed by atoms with Gasteiger partial charge in [0, 0.05) is 29.0 Å². The van der Waals surface area contributed by atoms with Crippen LogP contribution in [0.3, 0.4) is 0 Å². The number of fused-ring (bicyclic) bond motifs is 1. The zero-order valence-electron chi connectivity index (χ0n) is 22.4. The summed E-state index contributed by atoms with van der Waals surface area (Å²) in [5.74, 6) is 0.667. The molecule has 3 aromatic heterocycles.